The summed E-state index contributed by atoms with van der Waals surface area (Å²) in [5.41, 5.74) is 2.19. The molecule has 0 bridgehead atoms. The quantitative estimate of drug-likeness (QED) is 0.634. The van der Waals surface area contributed by atoms with Crippen LogP contribution >= 0.6 is 8.45 Å². The van der Waals surface area contributed by atoms with Gasteiger partial charge in [0.2, 0.25) is 0 Å². The Bertz CT molecular complexity index is 883. The average molecular weight is 349 g/mol. The maximum Gasteiger partial charge on any atom is 0.279 e. The van der Waals surface area contributed by atoms with Crippen LogP contribution in [-0.2, 0) is 0 Å². The first kappa shape index (κ1) is 15.1. The lowest BCUT2D eigenvalue weighted by Gasteiger charge is -2.29. The number of rotatable bonds is 3. The predicted octanol–water partition coefficient (Wildman–Crippen LogP) is 4.83. The fourth-order valence-corrected chi connectivity index (χ4v) is 6.03. The molecule has 4 nitrogen and oxygen atoms in total. The molecule has 0 amide bonds. The lowest BCUT2D eigenvalue weighted by Crippen LogP contribution is -2.20. The third-order valence-corrected chi connectivity index (χ3v) is 7.12. The van der Waals surface area contributed by atoms with Gasteiger partial charge in [0.1, 0.15) is 5.52 Å². The van der Waals surface area contributed by atoms with Crippen molar-refractivity contribution in [1.82, 2.24) is 9.65 Å². The standard InChI is InChI=1S/C20H20N3OP/c1-2-9-17(10-3-1)23-15-18-11-6-14-22(18)25(23)24-19-12-4-7-16-8-5-13-21-20(16)19/h1-5,7-10,12-13,18H,6,11,14-15H2/t18-,25?/m0/s1. The summed E-state index contributed by atoms with van der Waals surface area (Å²) < 4.78 is 11.6. The van der Waals surface area contributed by atoms with Crippen LogP contribution in [0.2, 0.25) is 0 Å². The smallest absolute Gasteiger partial charge is 0.279 e. The maximum atomic E-state index is 6.62. The molecule has 3 aromatic rings. The summed E-state index contributed by atoms with van der Waals surface area (Å²) in [6.45, 7) is 2.17. The van der Waals surface area contributed by atoms with Crippen LogP contribution in [0.1, 0.15) is 12.8 Å². The van der Waals surface area contributed by atoms with Gasteiger partial charge in [0.05, 0.1) is 0 Å². The van der Waals surface area contributed by atoms with Gasteiger partial charge in [0, 0.05) is 36.4 Å². The zero-order chi connectivity index (χ0) is 16.6. The van der Waals surface area contributed by atoms with Crippen molar-refractivity contribution < 1.29 is 4.52 Å². The summed E-state index contributed by atoms with van der Waals surface area (Å²) in [7, 11) is -0.848. The van der Waals surface area contributed by atoms with Crippen LogP contribution in [0.4, 0.5) is 5.69 Å². The zero-order valence-corrected chi connectivity index (χ0v) is 14.8. The number of anilines is 1. The van der Waals surface area contributed by atoms with E-state index in [-0.39, 0.29) is 0 Å². The third-order valence-electron chi connectivity index (χ3n) is 4.99. The Labute approximate surface area is 149 Å². The van der Waals surface area contributed by atoms with Crippen molar-refractivity contribution in [2.45, 2.75) is 18.9 Å². The molecule has 5 heteroatoms. The van der Waals surface area contributed by atoms with E-state index in [4.69, 9.17) is 4.52 Å². The molecule has 0 radical (unpaired) electrons. The lowest BCUT2D eigenvalue weighted by atomic mass is 10.2. The van der Waals surface area contributed by atoms with Crippen LogP contribution < -0.4 is 9.19 Å². The molecule has 126 valence electrons. The van der Waals surface area contributed by atoms with Crippen LogP contribution in [0.3, 0.4) is 0 Å². The molecule has 25 heavy (non-hydrogen) atoms. The van der Waals surface area contributed by atoms with Crippen molar-refractivity contribution in [2.24, 2.45) is 0 Å². The first-order valence-corrected chi connectivity index (χ1v) is 9.97. The Morgan fingerprint density at radius 3 is 2.80 bits per heavy atom. The zero-order valence-electron chi connectivity index (χ0n) is 14.0. The van der Waals surface area contributed by atoms with E-state index in [1.54, 1.807) is 0 Å². The number of hydrogen-bond donors (Lipinski definition) is 0. The van der Waals surface area contributed by atoms with Gasteiger partial charge in [-0.1, -0.05) is 36.4 Å². The lowest BCUT2D eigenvalue weighted by molar-refractivity contribution is 0.433. The van der Waals surface area contributed by atoms with Crippen LogP contribution in [0.5, 0.6) is 5.75 Å². The van der Waals surface area contributed by atoms with Crippen LogP contribution in [0.25, 0.3) is 10.9 Å². The second-order valence-electron chi connectivity index (χ2n) is 6.55. The number of hydrogen-bond acceptors (Lipinski definition) is 4. The summed E-state index contributed by atoms with van der Waals surface area (Å²) in [6, 6.07) is 21.5. The van der Waals surface area contributed by atoms with Crippen molar-refractivity contribution >= 4 is 25.0 Å². The molecule has 2 aromatic carbocycles. The molecule has 2 atom stereocenters. The molecule has 2 saturated heterocycles. The largest absolute Gasteiger partial charge is 0.438 e. The summed E-state index contributed by atoms with van der Waals surface area (Å²) in [4.78, 5) is 4.55. The number of nitrogens with zero attached hydrogens (tertiary/aromatic N) is 3. The molecule has 0 spiro atoms. The van der Waals surface area contributed by atoms with Gasteiger partial charge in [-0.2, -0.15) is 0 Å². The highest BCUT2D eigenvalue weighted by atomic mass is 31.2. The number of benzene rings is 2. The van der Waals surface area contributed by atoms with E-state index in [2.05, 4.69) is 62.9 Å². The number of para-hydroxylation sites is 2. The Kier molecular flexibility index (Phi) is 3.80. The minimum absolute atomic E-state index is 0.606. The summed E-state index contributed by atoms with van der Waals surface area (Å²) in [6.07, 6.45) is 4.37. The molecular formula is C20H20N3OP. The van der Waals surface area contributed by atoms with E-state index in [9.17, 15) is 0 Å². The van der Waals surface area contributed by atoms with Crippen LogP contribution in [-0.4, -0.2) is 28.8 Å². The number of aromatic nitrogens is 1. The normalized spacial score (nSPS) is 23.1. The van der Waals surface area contributed by atoms with Crippen LogP contribution in [0, 0.1) is 0 Å². The minimum atomic E-state index is -0.848. The number of pyridine rings is 1. The van der Waals surface area contributed by atoms with E-state index in [0.717, 1.165) is 29.7 Å². The van der Waals surface area contributed by atoms with E-state index in [1.165, 1.54) is 18.5 Å². The van der Waals surface area contributed by atoms with Gasteiger partial charge >= 0.3 is 0 Å². The van der Waals surface area contributed by atoms with Crippen molar-refractivity contribution in [2.75, 3.05) is 17.8 Å². The minimum Gasteiger partial charge on any atom is -0.438 e. The average Bonchev–Trinajstić information content (AvgIpc) is 3.25. The van der Waals surface area contributed by atoms with Gasteiger partial charge in [-0.25, -0.2) is 4.67 Å². The van der Waals surface area contributed by atoms with E-state index >= 15 is 0 Å². The van der Waals surface area contributed by atoms with Crippen molar-refractivity contribution in [3.8, 4) is 5.75 Å². The fourth-order valence-electron chi connectivity index (χ4n) is 3.78. The molecule has 3 heterocycles. The summed E-state index contributed by atoms with van der Waals surface area (Å²) in [5.74, 6) is 0.887. The van der Waals surface area contributed by atoms with Crippen LogP contribution in [0.15, 0.2) is 66.9 Å². The second-order valence-corrected chi connectivity index (χ2v) is 8.24. The summed E-state index contributed by atoms with van der Waals surface area (Å²) in [5, 5.41) is 1.12. The van der Waals surface area contributed by atoms with E-state index in [0.29, 0.717) is 6.04 Å². The molecule has 1 unspecified atom stereocenters. The van der Waals surface area contributed by atoms with Gasteiger partial charge < -0.3 is 9.19 Å². The molecule has 2 fully saturated rings. The summed E-state index contributed by atoms with van der Waals surface area (Å²) >= 11 is 0. The van der Waals surface area contributed by atoms with E-state index < -0.39 is 8.45 Å². The number of fused-ring (bicyclic) bond motifs is 2. The molecule has 2 aliphatic rings. The first-order valence-electron chi connectivity index (χ1n) is 8.81. The van der Waals surface area contributed by atoms with E-state index in [1.807, 2.05) is 18.3 Å². The monoisotopic (exact) mass is 349 g/mol. The third kappa shape index (κ3) is 2.66. The molecule has 2 aliphatic heterocycles. The van der Waals surface area contributed by atoms with Gasteiger partial charge in [-0.15, -0.1) is 0 Å². The Morgan fingerprint density at radius 2 is 1.88 bits per heavy atom. The highest BCUT2D eigenvalue weighted by Gasteiger charge is 2.45. The van der Waals surface area contributed by atoms with Gasteiger partial charge in [0.25, 0.3) is 8.45 Å². The van der Waals surface area contributed by atoms with Gasteiger partial charge in [-0.3, -0.25) is 4.98 Å². The van der Waals surface area contributed by atoms with Gasteiger partial charge in [0.15, 0.2) is 5.75 Å². The molecule has 1 aromatic heterocycles. The second kappa shape index (κ2) is 6.29. The molecule has 5 rings (SSSR count). The van der Waals surface area contributed by atoms with Gasteiger partial charge in [-0.05, 0) is 37.1 Å². The molecular weight excluding hydrogens is 329 g/mol. The topological polar surface area (TPSA) is 28.6 Å². The molecule has 0 aliphatic carbocycles. The Balaban J connectivity index is 1.53. The van der Waals surface area contributed by atoms with Crippen molar-refractivity contribution in [3.63, 3.8) is 0 Å². The predicted molar refractivity (Wildman–Crippen MR) is 103 cm³/mol. The molecule has 0 saturated carbocycles. The maximum absolute atomic E-state index is 6.62. The highest BCUT2D eigenvalue weighted by molar-refractivity contribution is 7.52. The fraction of sp³-hybridized carbons (Fsp3) is 0.250. The SMILES string of the molecule is c1ccc(N2C[C@@H]3CCCN3P2Oc2cccc3cccnc23)cc1. The Hall–Kier alpha value is -2.16. The Morgan fingerprint density at radius 1 is 1.00 bits per heavy atom. The first-order chi connectivity index (χ1) is 12.4. The molecule has 0 N–H and O–H groups in total. The highest BCUT2D eigenvalue weighted by Crippen LogP contribution is 2.57. The van der Waals surface area contributed by atoms with Crippen molar-refractivity contribution in [1.29, 1.82) is 0 Å². The van der Waals surface area contributed by atoms with Crippen molar-refractivity contribution in [3.05, 3.63) is 66.9 Å².